The van der Waals surface area contributed by atoms with Crippen LogP contribution >= 0.6 is 35.0 Å². The van der Waals surface area contributed by atoms with Gasteiger partial charge in [-0.05, 0) is 51.1 Å². The van der Waals surface area contributed by atoms with E-state index in [1.807, 2.05) is 7.05 Å². The van der Waals surface area contributed by atoms with Crippen molar-refractivity contribution in [3.8, 4) is 0 Å². The summed E-state index contributed by atoms with van der Waals surface area (Å²) in [4.78, 5) is 16.2. The minimum absolute atomic E-state index is 0.0183. The van der Waals surface area contributed by atoms with Crippen LogP contribution in [0.2, 0.25) is 10.0 Å². The zero-order valence-corrected chi connectivity index (χ0v) is 24.3. The summed E-state index contributed by atoms with van der Waals surface area (Å²) >= 11 is 13.5. The van der Waals surface area contributed by atoms with E-state index in [0.717, 1.165) is 10.8 Å². The number of halogens is 2. The van der Waals surface area contributed by atoms with Gasteiger partial charge < -0.3 is 10.6 Å². The Hall–Kier alpha value is -1.01. The third-order valence-corrected chi connectivity index (χ3v) is 6.58. The molecule has 34 heavy (non-hydrogen) atoms. The Morgan fingerprint density at radius 1 is 1.09 bits per heavy atom. The van der Waals surface area contributed by atoms with Crippen molar-refractivity contribution in [3.63, 3.8) is 0 Å². The second-order valence-corrected chi connectivity index (χ2v) is 10.6. The number of aliphatic imine (C=N–C) groups is 1. The number of nitrogens with one attached hydrogen (secondary N) is 2. The Balaban J connectivity index is 0.000000581. The van der Waals surface area contributed by atoms with Crippen molar-refractivity contribution in [1.82, 2.24) is 5.32 Å². The fraction of sp³-hybridized carbons (Fsp3) is 0.630. The number of carbonyl (C=O) groups excluding carboxylic acids is 1. The average Bonchev–Trinajstić information content (AvgIpc) is 3.23. The van der Waals surface area contributed by atoms with E-state index in [0.29, 0.717) is 27.4 Å². The van der Waals surface area contributed by atoms with E-state index < -0.39 is 0 Å². The van der Waals surface area contributed by atoms with Crippen LogP contribution in [0.4, 0.5) is 5.69 Å². The molecule has 0 fully saturated rings. The van der Waals surface area contributed by atoms with Gasteiger partial charge in [0.05, 0.1) is 22.3 Å². The lowest BCUT2D eigenvalue weighted by Gasteiger charge is -2.08. The number of hydrogen-bond acceptors (Lipinski definition) is 5. The van der Waals surface area contributed by atoms with Gasteiger partial charge in [-0.1, -0.05) is 114 Å². The van der Waals surface area contributed by atoms with Crippen molar-refractivity contribution >= 4 is 51.6 Å². The second-order valence-electron chi connectivity index (χ2n) is 8.69. The fourth-order valence-electron chi connectivity index (χ4n) is 2.69. The van der Waals surface area contributed by atoms with E-state index in [1.165, 1.54) is 76.6 Å². The summed E-state index contributed by atoms with van der Waals surface area (Å²) < 4.78 is 0. The van der Waals surface area contributed by atoms with Gasteiger partial charge in [0.1, 0.15) is 0 Å². The molecule has 0 aliphatic carbocycles. The lowest BCUT2D eigenvalue weighted by molar-refractivity contribution is -0.112. The Labute approximate surface area is 222 Å². The van der Waals surface area contributed by atoms with Gasteiger partial charge in [-0.15, -0.1) is 0 Å². The van der Waals surface area contributed by atoms with E-state index in [1.54, 1.807) is 24.3 Å². The molecule has 194 valence electrons. The van der Waals surface area contributed by atoms with Gasteiger partial charge in [0.25, 0.3) is 0 Å². The number of anilines is 1. The van der Waals surface area contributed by atoms with Crippen molar-refractivity contribution in [2.24, 2.45) is 10.9 Å². The lowest BCUT2D eigenvalue weighted by atomic mass is 10.1. The van der Waals surface area contributed by atoms with Crippen molar-refractivity contribution in [1.29, 1.82) is 0 Å². The number of nitrogens with zero attached hydrogens (tertiary/aromatic N) is 1. The lowest BCUT2D eigenvalue weighted by Crippen LogP contribution is -2.06. The molecule has 0 saturated carbocycles. The molecule has 0 spiro atoms. The minimum Gasteiger partial charge on any atom is -0.332 e. The summed E-state index contributed by atoms with van der Waals surface area (Å²) in [6.07, 6.45) is 12.7. The summed E-state index contributed by atoms with van der Waals surface area (Å²) in [6, 6.07) is 5.28. The molecule has 1 aromatic carbocycles. The normalized spacial score (nSPS) is 13.7. The largest absolute Gasteiger partial charge is 0.332 e. The van der Waals surface area contributed by atoms with E-state index in [2.05, 4.69) is 43.3 Å². The maximum atomic E-state index is 11.0. The fourth-order valence-corrected chi connectivity index (χ4v) is 4.06. The van der Waals surface area contributed by atoms with Crippen LogP contribution in [0.25, 0.3) is 0 Å². The molecule has 7 heteroatoms. The maximum Gasteiger partial charge on any atom is 0.166 e. The standard InChI is InChI=1S/C12H10Cl2N2OS.C10H23N.C5H12/c1-7(17)5-8-6-15-12(18-8)16-11-9(13)3-2-4-10(11)14;1-3-4-5-6-7-8-9-10-11-2;1-4-5(2)3/h2-5H,6H2,1H3,(H,15,16);11H,3-10H2,1-2H3;5H,4H2,1-3H3/b8-5-;;. The van der Waals surface area contributed by atoms with Crippen LogP contribution in [0.3, 0.4) is 0 Å². The number of unbranched alkanes of at least 4 members (excludes halogenated alkanes) is 6. The zero-order valence-electron chi connectivity index (χ0n) is 22.0. The van der Waals surface area contributed by atoms with Crippen molar-refractivity contribution in [2.45, 2.75) is 86.0 Å². The molecule has 1 aliphatic heterocycles. The summed E-state index contributed by atoms with van der Waals surface area (Å²) in [5.74, 6) is 0.903. The van der Waals surface area contributed by atoms with Crippen molar-refractivity contribution < 1.29 is 4.79 Å². The van der Waals surface area contributed by atoms with E-state index >= 15 is 0 Å². The number of amidine groups is 1. The Bertz CT molecular complexity index is 723. The second kappa shape index (κ2) is 21.3. The monoisotopic (exact) mass is 529 g/mol. The number of rotatable bonds is 11. The first kappa shape index (κ1) is 33.0. The van der Waals surface area contributed by atoms with Gasteiger partial charge in [0.2, 0.25) is 0 Å². The molecule has 0 radical (unpaired) electrons. The van der Waals surface area contributed by atoms with Crippen molar-refractivity contribution in [3.05, 3.63) is 39.2 Å². The predicted octanol–water partition coefficient (Wildman–Crippen LogP) is 8.99. The highest BCUT2D eigenvalue weighted by Gasteiger charge is 2.15. The summed E-state index contributed by atoms with van der Waals surface area (Å²) in [6.45, 7) is 12.1. The number of para-hydroxylation sites is 1. The first-order valence-corrected chi connectivity index (χ1v) is 14.1. The first-order chi connectivity index (χ1) is 16.2. The van der Waals surface area contributed by atoms with Gasteiger partial charge in [-0.25, -0.2) is 0 Å². The van der Waals surface area contributed by atoms with Gasteiger partial charge in [-0.2, -0.15) is 0 Å². The van der Waals surface area contributed by atoms with Crippen LogP contribution in [0.1, 0.15) is 86.0 Å². The summed E-state index contributed by atoms with van der Waals surface area (Å²) in [5, 5.41) is 8.01. The van der Waals surface area contributed by atoms with Gasteiger partial charge >= 0.3 is 0 Å². The summed E-state index contributed by atoms with van der Waals surface area (Å²) in [7, 11) is 2.02. The van der Waals surface area contributed by atoms with Gasteiger partial charge in [0.15, 0.2) is 11.0 Å². The molecule has 0 amide bonds. The van der Waals surface area contributed by atoms with Crippen molar-refractivity contribution in [2.75, 3.05) is 25.5 Å². The molecular weight excluding hydrogens is 485 g/mol. The number of benzene rings is 1. The molecule has 1 aromatic rings. The van der Waals surface area contributed by atoms with Gasteiger partial charge in [-0.3, -0.25) is 9.79 Å². The highest BCUT2D eigenvalue weighted by molar-refractivity contribution is 8.17. The highest BCUT2D eigenvalue weighted by Crippen LogP contribution is 2.33. The Morgan fingerprint density at radius 2 is 1.65 bits per heavy atom. The molecule has 2 N–H and O–H groups in total. The number of carbonyl (C=O) groups is 1. The third kappa shape index (κ3) is 17.4. The van der Waals surface area contributed by atoms with E-state index in [9.17, 15) is 4.79 Å². The number of thioether (sulfide) groups is 1. The Morgan fingerprint density at radius 3 is 2.15 bits per heavy atom. The quantitative estimate of drug-likeness (QED) is 0.221. The molecule has 0 atom stereocenters. The third-order valence-electron chi connectivity index (χ3n) is 5.01. The van der Waals surface area contributed by atoms with Gasteiger partial charge in [0, 0.05) is 4.91 Å². The zero-order chi connectivity index (χ0) is 25.8. The number of allylic oxidation sites excluding steroid dienone is 1. The number of hydrogen-bond donors (Lipinski definition) is 2. The molecule has 0 unspecified atom stereocenters. The van der Waals surface area contributed by atoms with Crippen LogP contribution in [-0.2, 0) is 4.79 Å². The predicted molar refractivity (Wildman–Crippen MR) is 156 cm³/mol. The molecule has 2 rings (SSSR count). The SMILES string of the molecule is CC(=O)/C=C1/CN=C(Nc2c(Cl)cccc2Cl)S1.CCC(C)C.CCCCCCCCCNC. The molecule has 1 aliphatic rings. The van der Waals surface area contributed by atoms with E-state index in [-0.39, 0.29) is 5.78 Å². The Kier molecular flexibility index (Phi) is 20.7. The molecule has 0 aromatic heterocycles. The summed E-state index contributed by atoms with van der Waals surface area (Å²) in [5.41, 5.74) is 0.635. The molecular formula is C27H45Cl2N3OS. The average molecular weight is 531 g/mol. The molecule has 1 heterocycles. The van der Waals surface area contributed by atoms with Crippen LogP contribution < -0.4 is 10.6 Å². The first-order valence-electron chi connectivity index (χ1n) is 12.5. The minimum atomic E-state index is 0.0183. The highest BCUT2D eigenvalue weighted by atomic mass is 35.5. The van der Waals surface area contributed by atoms with E-state index in [4.69, 9.17) is 23.2 Å². The van der Waals surface area contributed by atoms with Crippen LogP contribution in [0.5, 0.6) is 0 Å². The maximum absolute atomic E-state index is 11.0. The van der Waals surface area contributed by atoms with Crippen LogP contribution in [0, 0.1) is 5.92 Å². The van der Waals surface area contributed by atoms with Crippen LogP contribution in [-0.4, -0.2) is 31.1 Å². The molecule has 0 saturated heterocycles. The van der Waals surface area contributed by atoms with Crippen LogP contribution in [0.15, 0.2) is 34.2 Å². The molecule has 4 nitrogen and oxygen atoms in total. The topological polar surface area (TPSA) is 53.5 Å². The smallest absolute Gasteiger partial charge is 0.166 e. The number of ketones is 1. The molecule has 0 bridgehead atoms.